The van der Waals surface area contributed by atoms with Gasteiger partial charge in [0.1, 0.15) is 17.1 Å². The third kappa shape index (κ3) is 1.95. The molecule has 0 bridgehead atoms. The Balaban J connectivity index is 3.47. The Labute approximate surface area is 83.5 Å². The quantitative estimate of drug-likeness (QED) is 0.798. The summed E-state index contributed by atoms with van der Waals surface area (Å²) >= 11 is 0. The zero-order chi connectivity index (χ0) is 11.6. The van der Waals surface area contributed by atoms with Crippen molar-refractivity contribution in [2.24, 2.45) is 0 Å². The van der Waals surface area contributed by atoms with Crippen LogP contribution in [0.5, 0.6) is 5.75 Å². The van der Waals surface area contributed by atoms with Crippen LogP contribution in [-0.4, -0.2) is 23.2 Å². The topological polar surface area (TPSA) is 85.4 Å². The van der Waals surface area contributed by atoms with Gasteiger partial charge >= 0.3 is 5.97 Å². The number of alkyl halides is 2. The number of rotatable bonds is 3. The van der Waals surface area contributed by atoms with Crippen molar-refractivity contribution in [2.75, 3.05) is 12.8 Å². The molecule has 0 radical (unpaired) electrons. The van der Waals surface area contributed by atoms with Gasteiger partial charge in [0.2, 0.25) is 0 Å². The molecule has 1 aromatic heterocycles. The molecule has 15 heavy (non-hydrogen) atoms. The minimum atomic E-state index is -2.87. The molecule has 0 aromatic carbocycles. The number of halogens is 2. The lowest BCUT2D eigenvalue weighted by atomic mass is 10.1. The smallest absolute Gasteiger partial charge is 0.343 e. The van der Waals surface area contributed by atoms with Crippen molar-refractivity contribution in [3.8, 4) is 5.75 Å². The average Bonchev–Trinajstić information content (AvgIpc) is 2.15. The number of pyridine rings is 1. The predicted octanol–water partition coefficient (Wildman–Crippen LogP) is 1.31. The van der Waals surface area contributed by atoms with Gasteiger partial charge in [-0.25, -0.2) is 18.6 Å². The molecule has 0 amide bonds. The van der Waals surface area contributed by atoms with Gasteiger partial charge in [0.25, 0.3) is 6.43 Å². The number of hydrogen-bond acceptors (Lipinski definition) is 4. The molecule has 5 nitrogen and oxygen atoms in total. The van der Waals surface area contributed by atoms with Crippen LogP contribution in [0.2, 0.25) is 0 Å². The third-order valence-corrected chi connectivity index (χ3v) is 1.74. The normalized spacial score (nSPS) is 10.4. The molecule has 7 heteroatoms. The fraction of sp³-hybridized carbons (Fsp3) is 0.250. The summed E-state index contributed by atoms with van der Waals surface area (Å²) in [7, 11) is 1.09. The highest BCUT2D eigenvalue weighted by Crippen LogP contribution is 2.33. The van der Waals surface area contributed by atoms with E-state index in [-0.39, 0.29) is 5.82 Å². The van der Waals surface area contributed by atoms with Gasteiger partial charge in [-0.05, 0) is 0 Å². The Hall–Kier alpha value is -1.92. The second kappa shape index (κ2) is 4.07. The number of carboxylic acids is 1. The van der Waals surface area contributed by atoms with Crippen LogP contribution in [0.15, 0.2) is 6.20 Å². The minimum Gasteiger partial charge on any atom is -0.495 e. The Kier molecular flexibility index (Phi) is 3.03. The van der Waals surface area contributed by atoms with E-state index in [1.165, 1.54) is 0 Å². The van der Waals surface area contributed by atoms with Gasteiger partial charge in [0.05, 0.1) is 12.7 Å². The van der Waals surface area contributed by atoms with Crippen LogP contribution in [0.3, 0.4) is 0 Å². The molecule has 0 aliphatic heterocycles. The number of nitrogens with zero attached hydrogens (tertiary/aromatic N) is 1. The summed E-state index contributed by atoms with van der Waals surface area (Å²) in [4.78, 5) is 14.1. The molecule has 3 N–H and O–H groups in total. The van der Waals surface area contributed by atoms with Gasteiger partial charge in [0, 0.05) is 6.20 Å². The van der Waals surface area contributed by atoms with E-state index in [1.807, 2.05) is 0 Å². The number of nitrogens with two attached hydrogens (primary N) is 1. The first kappa shape index (κ1) is 11.2. The summed E-state index contributed by atoms with van der Waals surface area (Å²) in [5.74, 6) is -2.27. The molecule has 82 valence electrons. The van der Waals surface area contributed by atoms with Gasteiger partial charge in [-0.15, -0.1) is 0 Å². The van der Waals surface area contributed by atoms with Crippen LogP contribution in [0.1, 0.15) is 22.3 Å². The van der Waals surface area contributed by atoms with Crippen LogP contribution >= 0.6 is 0 Å². The molecule has 0 atom stereocenters. The van der Waals surface area contributed by atoms with Crippen LogP contribution in [-0.2, 0) is 0 Å². The second-order valence-corrected chi connectivity index (χ2v) is 2.61. The van der Waals surface area contributed by atoms with Crippen LogP contribution in [0.25, 0.3) is 0 Å². The Morgan fingerprint density at radius 1 is 1.67 bits per heavy atom. The molecule has 0 saturated carbocycles. The van der Waals surface area contributed by atoms with E-state index in [0.717, 1.165) is 13.3 Å². The van der Waals surface area contributed by atoms with Crippen molar-refractivity contribution in [3.63, 3.8) is 0 Å². The number of ether oxygens (including phenoxy) is 1. The Morgan fingerprint density at radius 3 is 2.67 bits per heavy atom. The van der Waals surface area contributed by atoms with Crippen molar-refractivity contribution >= 4 is 11.8 Å². The van der Waals surface area contributed by atoms with Crippen LogP contribution in [0, 0.1) is 0 Å². The molecule has 0 aliphatic carbocycles. The second-order valence-electron chi connectivity index (χ2n) is 2.61. The first-order valence-corrected chi connectivity index (χ1v) is 3.82. The summed E-state index contributed by atoms with van der Waals surface area (Å²) in [5, 5.41) is 8.74. The molecule has 1 heterocycles. The maximum Gasteiger partial charge on any atom is 0.343 e. The number of methoxy groups -OCH3 is 1. The first-order valence-electron chi connectivity index (χ1n) is 3.82. The van der Waals surface area contributed by atoms with Crippen LogP contribution < -0.4 is 10.5 Å². The summed E-state index contributed by atoms with van der Waals surface area (Å²) in [6.07, 6.45) is -2.07. The Bertz CT molecular complexity index is 396. The van der Waals surface area contributed by atoms with Crippen LogP contribution in [0.4, 0.5) is 14.6 Å². The fourth-order valence-corrected chi connectivity index (χ4v) is 1.10. The highest BCUT2D eigenvalue weighted by Gasteiger charge is 2.24. The molecule has 0 fully saturated rings. The van der Waals surface area contributed by atoms with Gasteiger partial charge in [-0.2, -0.15) is 0 Å². The van der Waals surface area contributed by atoms with E-state index in [1.54, 1.807) is 0 Å². The van der Waals surface area contributed by atoms with Crippen molar-refractivity contribution in [2.45, 2.75) is 6.43 Å². The maximum absolute atomic E-state index is 12.4. The lowest BCUT2D eigenvalue weighted by molar-refractivity contribution is 0.0693. The first-order chi connectivity index (χ1) is 6.99. The van der Waals surface area contributed by atoms with Crippen molar-refractivity contribution in [1.29, 1.82) is 0 Å². The van der Waals surface area contributed by atoms with Crippen molar-refractivity contribution < 1.29 is 23.4 Å². The van der Waals surface area contributed by atoms with E-state index >= 15 is 0 Å². The number of hydrogen-bond donors (Lipinski definition) is 2. The number of aromatic carboxylic acids is 1. The predicted molar refractivity (Wildman–Crippen MR) is 47.1 cm³/mol. The number of anilines is 1. The highest BCUT2D eigenvalue weighted by molar-refractivity contribution is 5.96. The van der Waals surface area contributed by atoms with Gasteiger partial charge in [0.15, 0.2) is 0 Å². The van der Waals surface area contributed by atoms with Gasteiger partial charge in [-0.1, -0.05) is 0 Å². The summed E-state index contributed by atoms with van der Waals surface area (Å²) in [6.45, 7) is 0. The molecule has 0 unspecified atom stereocenters. The fourth-order valence-electron chi connectivity index (χ4n) is 1.10. The number of nitrogen functional groups attached to an aromatic ring is 1. The minimum absolute atomic E-state index is 0.358. The molecular weight excluding hydrogens is 210 g/mol. The largest absolute Gasteiger partial charge is 0.495 e. The molecule has 0 aliphatic rings. The summed E-state index contributed by atoms with van der Waals surface area (Å²) in [6, 6.07) is 0. The SMILES string of the molecule is COc1c(C(F)F)cnc(N)c1C(=O)O. The number of aromatic nitrogens is 1. The van der Waals surface area contributed by atoms with E-state index in [9.17, 15) is 13.6 Å². The third-order valence-electron chi connectivity index (χ3n) is 1.74. The lowest BCUT2D eigenvalue weighted by Crippen LogP contribution is -2.09. The van der Waals surface area contributed by atoms with E-state index < -0.39 is 29.3 Å². The number of carbonyl (C=O) groups is 1. The summed E-state index contributed by atoms with van der Waals surface area (Å²) in [5.41, 5.74) is 4.11. The Morgan fingerprint density at radius 2 is 2.27 bits per heavy atom. The number of carboxylic acid groups (broad SMARTS) is 1. The highest BCUT2D eigenvalue weighted by atomic mass is 19.3. The molecular formula is C8H8F2N2O3. The zero-order valence-electron chi connectivity index (χ0n) is 7.70. The molecule has 1 rings (SSSR count). The van der Waals surface area contributed by atoms with E-state index in [0.29, 0.717) is 0 Å². The average molecular weight is 218 g/mol. The van der Waals surface area contributed by atoms with E-state index in [4.69, 9.17) is 10.8 Å². The van der Waals surface area contributed by atoms with Gasteiger partial charge < -0.3 is 15.6 Å². The van der Waals surface area contributed by atoms with E-state index in [2.05, 4.69) is 9.72 Å². The summed E-state index contributed by atoms with van der Waals surface area (Å²) < 4.78 is 29.5. The van der Waals surface area contributed by atoms with Crippen molar-refractivity contribution in [3.05, 3.63) is 17.3 Å². The maximum atomic E-state index is 12.4. The monoisotopic (exact) mass is 218 g/mol. The van der Waals surface area contributed by atoms with Crippen molar-refractivity contribution in [1.82, 2.24) is 4.98 Å². The standard InChI is InChI=1S/C8H8F2N2O3/c1-15-5-3(6(9)10)2-12-7(11)4(5)8(13)14/h2,6H,1H3,(H2,11,12)(H,13,14). The molecule has 0 spiro atoms. The van der Waals surface area contributed by atoms with Gasteiger partial charge in [-0.3, -0.25) is 0 Å². The zero-order valence-corrected chi connectivity index (χ0v) is 7.70. The molecule has 1 aromatic rings. The molecule has 0 saturated heterocycles. The lowest BCUT2D eigenvalue weighted by Gasteiger charge is -2.11.